The summed E-state index contributed by atoms with van der Waals surface area (Å²) >= 11 is 0. The molecule has 0 saturated carbocycles. The third kappa shape index (κ3) is 4.65. The average molecular weight is 329 g/mol. The Kier molecular flexibility index (Phi) is 5.40. The zero-order valence-corrected chi connectivity index (χ0v) is 14.3. The highest BCUT2D eigenvalue weighted by atomic mass is 19.1. The van der Waals surface area contributed by atoms with E-state index in [4.69, 9.17) is 0 Å². The number of hydrogen-bond donors (Lipinski definition) is 2. The van der Waals surface area contributed by atoms with Crippen LogP contribution >= 0.6 is 0 Å². The first kappa shape index (κ1) is 18.1. The first-order valence-electron chi connectivity index (χ1n) is 8.01. The molecule has 0 aromatic heterocycles. The lowest BCUT2D eigenvalue weighted by Crippen LogP contribution is -2.40. The molecule has 24 heavy (non-hydrogen) atoms. The molecule has 0 aliphatic rings. The molecule has 2 rings (SSSR count). The van der Waals surface area contributed by atoms with E-state index < -0.39 is 5.60 Å². The fourth-order valence-corrected chi connectivity index (χ4v) is 2.64. The van der Waals surface area contributed by atoms with E-state index in [0.29, 0.717) is 12.0 Å². The number of hydrogen-bond acceptors (Lipinski definition) is 2. The molecule has 0 bridgehead atoms. The molecule has 0 spiro atoms. The van der Waals surface area contributed by atoms with E-state index in [9.17, 15) is 14.3 Å². The molecule has 1 atom stereocenters. The lowest BCUT2D eigenvalue weighted by Gasteiger charge is -2.27. The summed E-state index contributed by atoms with van der Waals surface area (Å²) in [5.41, 5.74) is 0.102. The van der Waals surface area contributed by atoms with Gasteiger partial charge < -0.3 is 10.4 Å². The van der Waals surface area contributed by atoms with E-state index in [2.05, 4.69) is 5.32 Å². The summed E-state index contributed by atoms with van der Waals surface area (Å²) in [7, 11) is 0. The Balaban J connectivity index is 1.96. The standard InChI is InChI=1S/C20H24FNO2/c1-19(2,15-7-5-4-6-8-15)13-18(23)22-14-20(3,24)16-9-11-17(21)12-10-16/h4-12,24H,13-14H2,1-3H3,(H,22,23). The molecule has 0 saturated heterocycles. The molecule has 2 aromatic carbocycles. The number of rotatable bonds is 6. The predicted octanol–water partition coefficient (Wildman–Crippen LogP) is 3.52. The van der Waals surface area contributed by atoms with Crippen molar-refractivity contribution in [2.45, 2.75) is 38.2 Å². The molecule has 0 fully saturated rings. The maximum Gasteiger partial charge on any atom is 0.220 e. The number of carbonyl (C=O) groups excluding carboxylic acids is 1. The fraction of sp³-hybridized carbons (Fsp3) is 0.350. The van der Waals surface area contributed by atoms with Crippen molar-refractivity contribution in [1.82, 2.24) is 5.32 Å². The van der Waals surface area contributed by atoms with Gasteiger partial charge in [0.2, 0.25) is 5.91 Å². The third-order valence-electron chi connectivity index (χ3n) is 4.25. The quantitative estimate of drug-likeness (QED) is 0.852. The number of halogens is 1. The summed E-state index contributed by atoms with van der Waals surface area (Å²) in [4.78, 5) is 12.3. The van der Waals surface area contributed by atoms with Gasteiger partial charge in [-0.1, -0.05) is 56.3 Å². The molecule has 2 aromatic rings. The highest BCUT2D eigenvalue weighted by Crippen LogP contribution is 2.27. The summed E-state index contributed by atoms with van der Waals surface area (Å²) in [6.45, 7) is 5.70. The maximum atomic E-state index is 13.0. The maximum absolute atomic E-state index is 13.0. The van der Waals surface area contributed by atoms with Gasteiger partial charge >= 0.3 is 0 Å². The zero-order chi connectivity index (χ0) is 17.8. The minimum absolute atomic E-state index is 0.0718. The van der Waals surface area contributed by atoms with Crippen LogP contribution in [0.2, 0.25) is 0 Å². The monoisotopic (exact) mass is 329 g/mol. The normalized spacial score (nSPS) is 14.0. The molecule has 0 radical (unpaired) electrons. The summed E-state index contributed by atoms with van der Waals surface area (Å²) in [5, 5.41) is 13.3. The smallest absolute Gasteiger partial charge is 0.220 e. The molecule has 1 unspecified atom stereocenters. The van der Waals surface area contributed by atoms with Crippen molar-refractivity contribution in [2.24, 2.45) is 0 Å². The van der Waals surface area contributed by atoms with Crippen LogP contribution in [0.4, 0.5) is 4.39 Å². The Hall–Kier alpha value is -2.20. The summed E-state index contributed by atoms with van der Waals surface area (Å²) in [6.07, 6.45) is 0.316. The second kappa shape index (κ2) is 7.14. The van der Waals surface area contributed by atoms with E-state index in [0.717, 1.165) is 5.56 Å². The molecular formula is C20H24FNO2. The Morgan fingerprint density at radius 2 is 1.58 bits per heavy atom. The van der Waals surface area contributed by atoms with Crippen molar-refractivity contribution < 1.29 is 14.3 Å². The van der Waals surface area contributed by atoms with Gasteiger partial charge in [0.05, 0.1) is 6.54 Å². The van der Waals surface area contributed by atoms with Gasteiger partial charge in [0.15, 0.2) is 0 Å². The highest BCUT2D eigenvalue weighted by Gasteiger charge is 2.27. The van der Waals surface area contributed by atoms with Gasteiger partial charge in [-0.25, -0.2) is 4.39 Å². The van der Waals surface area contributed by atoms with Crippen molar-refractivity contribution in [3.63, 3.8) is 0 Å². The second-order valence-corrected chi connectivity index (χ2v) is 6.98. The van der Waals surface area contributed by atoms with Gasteiger partial charge in [-0.3, -0.25) is 4.79 Å². The van der Waals surface area contributed by atoms with Crippen LogP contribution < -0.4 is 5.32 Å². The first-order chi connectivity index (χ1) is 11.2. The van der Waals surface area contributed by atoms with Crippen LogP contribution in [0.3, 0.4) is 0 Å². The topological polar surface area (TPSA) is 49.3 Å². The molecule has 128 valence electrons. The molecule has 2 N–H and O–H groups in total. The van der Waals surface area contributed by atoms with Crippen molar-refractivity contribution >= 4 is 5.91 Å². The largest absolute Gasteiger partial charge is 0.384 e. The summed E-state index contributed by atoms with van der Waals surface area (Å²) < 4.78 is 13.0. The predicted molar refractivity (Wildman–Crippen MR) is 93.1 cm³/mol. The molecule has 1 amide bonds. The molecule has 3 nitrogen and oxygen atoms in total. The lowest BCUT2D eigenvalue weighted by atomic mass is 9.81. The Bertz CT molecular complexity index is 679. The van der Waals surface area contributed by atoms with Gasteiger partial charge in [0.1, 0.15) is 11.4 Å². The Labute approximate surface area is 142 Å². The van der Waals surface area contributed by atoms with Gasteiger partial charge in [-0.05, 0) is 35.6 Å². The SMILES string of the molecule is CC(C)(CC(=O)NCC(C)(O)c1ccc(F)cc1)c1ccccc1. The van der Waals surface area contributed by atoms with Crippen LogP contribution in [0.1, 0.15) is 38.3 Å². The molecule has 0 aliphatic carbocycles. The second-order valence-electron chi connectivity index (χ2n) is 6.98. The van der Waals surface area contributed by atoms with Gasteiger partial charge in [0, 0.05) is 6.42 Å². The van der Waals surface area contributed by atoms with Crippen molar-refractivity contribution in [2.75, 3.05) is 6.54 Å². The van der Waals surface area contributed by atoms with Crippen molar-refractivity contribution in [3.8, 4) is 0 Å². The van der Waals surface area contributed by atoms with Crippen LogP contribution in [0.15, 0.2) is 54.6 Å². The van der Waals surface area contributed by atoms with E-state index in [-0.39, 0.29) is 23.7 Å². The Morgan fingerprint density at radius 1 is 1.00 bits per heavy atom. The Morgan fingerprint density at radius 3 is 2.17 bits per heavy atom. The van der Waals surface area contributed by atoms with Gasteiger partial charge in [0.25, 0.3) is 0 Å². The van der Waals surface area contributed by atoms with Crippen LogP contribution in [0.25, 0.3) is 0 Å². The van der Waals surface area contributed by atoms with E-state index >= 15 is 0 Å². The van der Waals surface area contributed by atoms with Gasteiger partial charge in [-0.2, -0.15) is 0 Å². The lowest BCUT2D eigenvalue weighted by molar-refractivity contribution is -0.123. The van der Waals surface area contributed by atoms with Crippen LogP contribution in [0, 0.1) is 5.82 Å². The van der Waals surface area contributed by atoms with E-state index in [1.54, 1.807) is 6.92 Å². The molecule has 0 heterocycles. The van der Waals surface area contributed by atoms with Crippen LogP contribution in [-0.4, -0.2) is 17.6 Å². The van der Waals surface area contributed by atoms with E-state index in [1.807, 2.05) is 44.2 Å². The third-order valence-corrected chi connectivity index (χ3v) is 4.25. The highest BCUT2D eigenvalue weighted by molar-refractivity contribution is 5.77. The summed E-state index contributed by atoms with van der Waals surface area (Å²) in [6, 6.07) is 15.5. The first-order valence-corrected chi connectivity index (χ1v) is 8.01. The number of amides is 1. The molecule has 4 heteroatoms. The van der Waals surface area contributed by atoms with Crippen LogP contribution in [0.5, 0.6) is 0 Å². The zero-order valence-electron chi connectivity index (χ0n) is 14.3. The molecular weight excluding hydrogens is 305 g/mol. The fourth-order valence-electron chi connectivity index (χ4n) is 2.64. The minimum Gasteiger partial charge on any atom is -0.384 e. The number of nitrogens with one attached hydrogen (secondary N) is 1. The number of carbonyl (C=O) groups is 1. The minimum atomic E-state index is -1.25. The van der Waals surface area contributed by atoms with Gasteiger partial charge in [-0.15, -0.1) is 0 Å². The summed E-state index contributed by atoms with van der Waals surface area (Å²) in [5.74, 6) is -0.491. The van der Waals surface area contributed by atoms with Crippen LogP contribution in [-0.2, 0) is 15.8 Å². The van der Waals surface area contributed by atoms with Crippen molar-refractivity contribution in [1.29, 1.82) is 0 Å². The van der Waals surface area contributed by atoms with Crippen molar-refractivity contribution in [3.05, 3.63) is 71.5 Å². The molecule has 0 aliphatic heterocycles. The number of aliphatic hydroxyl groups is 1. The average Bonchev–Trinajstić information content (AvgIpc) is 2.54. The van der Waals surface area contributed by atoms with E-state index in [1.165, 1.54) is 24.3 Å². The number of benzene rings is 2.